The van der Waals surface area contributed by atoms with Gasteiger partial charge in [-0.05, 0) is 84.3 Å². The maximum absolute atomic E-state index is 13.4. The van der Waals surface area contributed by atoms with Crippen molar-refractivity contribution in [1.29, 1.82) is 0 Å². The lowest BCUT2D eigenvalue weighted by Gasteiger charge is -2.46. The molecule has 4 rings (SSSR count). The van der Waals surface area contributed by atoms with Gasteiger partial charge in [-0.1, -0.05) is 79.9 Å². The number of fused-ring (bicyclic) bond motifs is 1. The third kappa shape index (κ3) is 6.78. The van der Waals surface area contributed by atoms with Gasteiger partial charge in [0.1, 0.15) is 6.10 Å². The molecule has 3 nitrogen and oxygen atoms in total. The highest BCUT2D eigenvalue weighted by Crippen LogP contribution is 2.53. The number of aromatic nitrogens is 1. The van der Waals surface area contributed by atoms with Gasteiger partial charge in [-0.15, -0.1) is 0 Å². The van der Waals surface area contributed by atoms with Crippen LogP contribution in [0.5, 0.6) is 0 Å². The first-order valence-corrected chi connectivity index (χ1v) is 18.3. The number of benzene rings is 1. The molecule has 1 heterocycles. The van der Waals surface area contributed by atoms with Gasteiger partial charge in [0.05, 0.1) is 11.7 Å². The monoisotopic (exact) mass is 589 g/mol. The van der Waals surface area contributed by atoms with Gasteiger partial charge >= 0.3 is 6.18 Å². The molecule has 1 saturated carbocycles. The molecule has 0 spiro atoms. The number of hydrogen-bond donors (Lipinski definition) is 1. The van der Waals surface area contributed by atoms with Crippen LogP contribution < -0.4 is 0 Å². The van der Waals surface area contributed by atoms with E-state index in [1.165, 1.54) is 24.1 Å². The second kappa shape index (κ2) is 11.4. The normalized spacial score (nSPS) is 21.2. The Hall–Kier alpha value is -1.70. The van der Waals surface area contributed by atoms with Gasteiger partial charge in [-0.3, -0.25) is 4.98 Å². The lowest BCUT2D eigenvalue weighted by Crippen LogP contribution is -2.44. The minimum atomic E-state index is -4.42. The zero-order valence-corrected chi connectivity index (χ0v) is 27.5. The van der Waals surface area contributed by atoms with Crippen LogP contribution in [0.2, 0.25) is 18.1 Å². The van der Waals surface area contributed by atoms with Crippen LogP contribution in [0, 0.1) is 5.41 Å². The molecule has 0 saturated heterocycles. The van der Waals surface area contributed by atoms with Crippen molar-refractivity contribution in [2.24, 2.45) is 5.41 Å². The molecule has 7 heteroatoms. The first kappa shape index (κ1) is 32.2. The van der Waals surface area contributed by atoms with Crippen molar-refractivity contribution in [2.45, 2.75) is 142 Å². The van der Waals surface area contributed by atoms with Crippen molar-refractivity contribution in [3.05, 3.63) is 63.5 Å². The van der Waals surface area contributed by atoms with Gasteiger partial charge in [0.25, 0.3) is 0 Å². The highest BCUT2D eigenvalue weighted by atomic mass is 28.4. The molecule has 2 aromatic rings. The van der Waals surface area contributed by atoms with E-state index in [1.54, 1.807) is 0 Å². The Labute approximate surface area is 246 Å². The van der Waals surface area contributed by atoms with Gasteiger partial charge in [0.15, 0.2) is 8.32 Å². The Balaban J connectivity index is 1.98. The average Bonchev–Trinajstić information content (AvgIpc) is 2.85. The number of nitrogens with zero attached hydrogens (tertiary/aromatic N) is 1. The number of aliphatic hydroxyl groups is 1. The predicted molar refractivity (Wildman–Crippen MR) is 163 cm³/mol. The van der Waals surface area contributed by atoms with E-state index in [0.717, 1.165) is 73.2 Å². The topological polar surface area (TPSA) is 42.4 Å². The molecule has 228 valence electrons. The second-order valence-electron chi connectivity index (χ2n) is 15.1. The van der Waals surface area contributed by atoms with Crippen molar-refractivity contribution in [1.82, 2.24) is 4.98 Å². The molecule has 1 aromatic carbocycles. The van der Waals surface area contributed by atoms with Crippen molar-refractivity contribution in [2.75, 3.05) is 0 Å². The summed E-state index contributed by atoms with van der Waals surface area (Å²) in [6.07, 6.45) is 1.66. The predicted octanol–water partition coefficient (Wildman–Crippen LogP) is 10.4. The zero-order valence-electron chi connectivity index (χ0n) is 26.5. The number of hydrogen-bond acceptors (Lipinski definition) is 3. The maximum Gasteiger partial charge on any atom is 0.416 e. The summed E-state index contributed by atoms with van der Waals surface area (Å²) in [4.78, 5) is 5.31. The highest BCUT2D eigenvalue weighted by Gasteiger charge is 2.45. The molecule has 1 N–H and O–H groups in total. The Morgan fingerprint density at radius 2 is 1.56 bits per heavy atom. The van der Waals surface area contributed by atoms with Crippen LogP contribution >= 0.6 is 0 Å². The van der Waals surface area contributed by atoms with Gasteiger partial charge < -0.3 is 9.53 Å². The van der Waals surface area contributed by atoms with Crippen molar-refractivity contribution >= 4 is 8.32 Å². The molecule has 2 aliphatic rings. The molecule has 0 amide bonds. The zero-order chi connectivity index (χ0) is 30.5. The Kier molecular flexibility index (Phi) is 8.97. The van der Waals surface area contributed by atoms with E-state index >= 15 is 0 Å². The molecular weight excluding hydrogens is 539 g/mol. The molecular formula is C34H50F3NO2Si. The quantitative estimate of drug-likeness (QED) is 0.341. The van der Waals surface area contributed by atoms with E-state index in [9.17, 15) is 18.3 Å². The molecule has 41 heavy (non-hydrogen) atoms. The fraction of sp³-hybridized carbons (Fsp3) is 0.676. The SMILES string of the molecule is CC(C)c1nc2c(c(C3CCCCC3)c1C(O)c1ccc(C(F)(F)F)cc1)[C@H](O[Si](C)(C)C(C)(C)C)CC(C)(C)C2. The fourth-order valence-corrected chi connectivity index (χ4v) is 7.81. The molecule has 2 aliphatic carbocycles. The third-order valence-corrected chi connectivity index (χ3v) is 14.2. The summed E-state index contributed by atoms with van der Waals surface area (Å²) in [7, 11) is -2.16. The molecule has 0 bridgehead atoms. The molecule has 1 aromatic heterocycles. The summed E-state index contributed by atoms with van der Waals surface area (Å²) in [5, 5.41) is 12.1. The van der Waals surface area contributed by atoms with E-state index in [0.29, 0.717) is 5.56 Å². The van der Waals surface area contributed by atoms with Crippen LogP contribution in [0.25, 0.3) is 0 Å². The number of alkyl halides is 3. The lowest BCUT2D eigenvalue weighted by molar-refractivity contribution is -0.137. The van der Waals surface area contributed by atoms with Crippen LogP contribution in [0.4, 0.5) is 13.2 Å². The van der Waals surface area contributed by atoms with Crippen LogP contribution in [0.3, 0.4) is 0 Å². The molecule has 0 radical (unpaired) electrons. The second-order valence-corrected chi connectivity index (χ2v) is 19.9. The minimum Gasteiger partial charge on any atom is -0.410 e. The van der Waals surface area contributed by atoms with Crippen molar-refractivity contribution in [3.8, 4) is 0 Å². The van der Waals surface area contributed by atoms with Crippen LogP contribution in [0.15, 0.2) is 24.3 Å². The number of aliphatic hydroxyl groups excluding tert-OH is 1. The van der Waals surface area contributed by atoms with E-state index in [2.05, 4.69) is 61.6 Å². The minimum absolute atomic E-state index is 0.0126. The summed E-state index contributed by atoms with van der Waals surface area (Å²) < 4.78 is 47.3. The van der Waals surface area contributed by atoms with E-state index in [1.807, 2.05) is 0 Å². The standard InChI is InChI=1S/C34H50F3NO2Si/c1-21(2)30-29(31(39)23-15-17-24(18-16-23)34(35,36)37)27(22-13-11-10-12-14-22)28-25(38-30)19-33(6,7)20-26(28)40-41(8,9)32(3,4)5/h15-18,21-22,26,31,39H,10-14,19-20H2,1-9H3/t26-,31?/m1/s1. The lowest BCUT2D eigenvalue weighted by atomic mass is 9.69. The average molecular weight is 590 g/mol. The van der Waals surface area contributed by atoms with Crippen LogP contribution in [-0.4, -0.2) is 18.4 Å². The molecule has 2 atom stereocenters. The Morgan fingerprint density at radius 1 is 0.976 bits per heavy atom. The summed E-state index contributed by atoms with van der Waals surface area (Å²) in [6, 6.07) is 5.00. The Morgan fingerprint density at radius 3 is 2.07 bits per heavy atom. The molecule has 0 aliphatic heterocycles. The first-order chi connectivity index (χ1) is 18.8. The third-order valence-electron chi connectivity index (χ3n) is 9.76. The number of rotatable bonds is 6. The van der Waals surface area contributed by atoms with Gasteiger partial charge in [-0.25, -0.2) is 0 Å². The maximum atomic E-state index is 13.4. The van der Waals surface area contributed by atoms with Gasteiger partial charge in [0, 0.05) is 22.5 Å². The highest BCUT2D eigenvalue weighted by molar-refractivity contribution is 6.74. The first-order valence-electron chi connectivity index (χ1n) is 15.4. The number of pyridine rings is 1. The molecule has 1 fully saturated rings. The van der Waals surface area contributed by atoms with Crippen molar-refractivity contribution < 1.29 is 22.7 Å². The van der Waals surface area contributed by atoms with Crippen molar-refractivity contribution in [3.63, 3.8) is 0 Å². The van der Waals surface area contributed by atoms with E-state index < -0.39 is 26.2 Å². The molecule has 1 unspecified atom stereocenters. The summed E-state index contributed by atoms with van der Waals surface area (Å²) >= 11 is 0. The van der Waals surface area contributed by atoms with E-state index in [-0.39, 0.29) is 28.4 Å². The largest absolute Gasteiger partial charge is 0.416 e. The Bertz CT molecular complexity index is 1220. The summed E-state index contributed by atoms with van der Waals surface area (Å²) in [5.74, 6) is 0.315. The smallest absolute Gasteiger partial charge is 0.410 e. The van der Waals surface area contributed by atoms with Crippen LogP contribution in [-0.2, 0) is 17.0 Å². The van der Waals surface area contributed by atoms with Gasteiger partial charge in [0.2, 0.25) is 0 Å². The fourth-order valence-electron chi connectivity index (χ4n) is 6.54. The summed E-state index contributed by atoms with van der Waals surface area (Å²) in [5.41, 5.74) is 4.84. The van der Waals surface area contributed by atoms with E-state index in [4.69, 9.17) is 9.41 Å². The van der Waals surface area contributed by atoms with Crippen LogP contribution in [0.1, 0.15) is 150 Å². The van der Waals surface area contributed by atoms with Gasteiger partial charge in [-0.2, -0.15) is 13.2 Å². The number of halogens is 3. The summed E-state index contributed by atoms with van der Waals surface area (Å²) in [6.45, 7) is 20.1.